The minimum Gasteiger partial charge on any atom is -0.292 e. The van der Waals surface area contributed by atoms with Crippen molar-refractivity contribution in [2.75, 3.05) is 12.8 Å². The average Bonchev–Trinajstić information content (AvgIpc) is 2.92. The zero-order valence-corrected chi connectivity index (χ0v) is 13.4. The van der Waals surface area contributed by atoms with Crippen molar-refractivity contribution in [3.63, 3.8) is 0 Å². The van der Waals surface area contributed by atoms with Crippen molar-refractivity contribution >= 4 is 21.4 Å². The van der Waals surface area contributed by atoms with Gasteiger partial charge in [-0.25, -0.2) is 8.42 Å². The number of nitrogens with zero attached hydrogens (tertiary/aromatic N) is 3. The first-order valence-electron chi connectivity index (χ1n) is 6.58. The number of aromatic nitrogens is 2. The van der Waals surface area contributed by atoms with Crippen LogP contribution in [-0.2, 0) is 23.4 Å². The summed E-state index contributed by atoms with van der Waals surface area (Å²) >= 11 is 6.03. The molecule has 1 unspecified atom stereocenters. The maximum atomic E-state index is 12.3. The molecule has 0 fully saturated rings. The Morgan fingerprint density at radius 2 is 2.19 bits per heavy atom. The molecule has 1 aliphatic rings. The zero-order valence-electron chi connectivity index (χ0n) is 11.8. The van der Waals surface area contributed by atoms with Crippen LogP contribution in [0.15, 0.2) is 35.4 Å². The summed E-state index contributed by atoms with van der Waals surface area (Å²) in [5.74, 6) is 0.0943. The van der Waals surface area contributed by atoms with Crippen LogP contribution in [0.4, 0.5) is 0 Å². The largest absolute Gasteiger partial charge is 0.292 e. The number of aryl methyl sites for hydroxylation is 1. The van der Waals surface area contributed by atoms with Crippen LogP contribution in [0.25, 0.3) is 0 Å². The van der Waals surface area contributed by atoms with Gasteiger partial charge in [-0.1, -0.05) is 11.6 Å². The second-order valence-corrected chi connectivity index (χ2v) is 7.78. The second kappa shape index (κ2) is 5.12. The third-order valence-corrected chi connectivity index (χ3v) is 5.94. The minimum atomic E-state index is -3.23. The van der Waals surface area contributed by atoms with Gasteiger partial charge in [0.05, 0.1) is 22.4 Å². The lowest BCUT2D eigenvalue weighted by atomic mass is 10.1. The van der Waals surface area contributed by atoms with Gasteiger partial charge < -0.3 is 0 Å². The molecule has 0 saturated heterocycles. The van der Waals surface area contributed by atoms with Gasteiger partial charge in [0.15, 0.2) is 9.84 Å². The van der Waals surface area contributed by atoms with Crippen LogP contribution in [-0.4, -0.2) is 35.9 Å². The Bertz CT molecular complexity index is 785. The predicted molar refractivity (Wildman–Crippen MR) is 80.9 cm³/mol. The smallest absolute Gasteiger partial charge is 0.180 e. The molecule has 1 atom stereocenters. The number of sulfone groups is 1. The first-order valence-corrected chi connectivity index (χ1v) is 8.61. The van der Waals surface area contributed by atoms with E-state index in [4.69, 9.17) is 11.6 Å². The van der Waals surface area contributed by atoms with Gasteiger partial charge >= 0.3 is 0 Å². The van der Waals surface area contributed by atoms with E-state index >= 15 is 0 Å². The van der Waals surface area contributed by atoms with Crippen molar-refractivity contribution < 1.29 is 8.42 Å². The molecule has 1 aromatic carbocycles. The van der Waals surface area contributed by atoms with Gasteiger partial charge in [0, 0.05) is 24.8 Å². The van der Waals surface area contributed by atoms with E-state index in [2.05, 4.69) is 5.10 Å². The monoisotopic (exact) mass is 325 g/mol. The summed E-state index contributed by atoms with van der Waals surface area (Å²) in [5, 5.41) is 4.69. The fourth-order valence-corrected chi connectivity index (χ4v) is 4.78. The summed E-state index contributed by atoms with van der Waals surface area (Å²) in [5.41, 5.74) is 1.82. The normalized spacial score (nSPS) is 19.9. The highest BCUT2D eigenvalue weighted by molar-refractivity contribution is 7.91. The van der Waals surface area contributed by atoms with E-state index in [1.54, 1.807) is 29.1 Å². The molecular formula is C14H16ClN3O2S. The topological polar surface area (TPSA) is 55.2 Å². The molecule has 0 aliphatic carbocycles. The van der Waals surface area contributed by atoms with E-state index in [0.717, 1.165) is 11.3 Å². The Morgan fingerprint density at radius 3 is 2.86 bits per heavy atom. The fourth-order valence-electron chi connectivity index (χ4n) is 2.74. The lowest BCUT2D eigenvalue weighted by Crippen LogP contribution is -2.26. The number of rotatable bonds is 3. The molecule has 0 bridgehead atoms. The van der Waals surface area contributed by atoms with Crippen molar-refractivity contribution in [3.8, 4) is 0 Å². The molecule has 5 nitrogen and oxygen atoms in total. The van der Waals surface area contributed by atoms with Crippen molar-refractivity contribution in [2.45, 2.75) is 17.5 Å². The molecule has 2 aromatic rings. The summed E-state index contributed by atoms with van der Waals surface area (Å²) in [4.78, 5) is 2.42. The standard InChI is InChI=1S/C14H16ClN3O2S/c1-17(8-11-5-6-16-18(11)2)13-9-21(19,20)14-4-3-10(15)7-12(13)14/h3-7,13H,8-9H2,1-2H3. The van der Waals surface area contributed by atoms with E-state index < -0.39 is 9.84 Å². The van der Waals surface area contributed by atoms with E-state index in [-0.39, 0.29) is 11.8 Å². The highest BCUT2D eigenvalue weighted by atomic mass is 35.5. The van der Waals surface area contributed by atoms with Crippen LogP contribution in [0.5, 0.6) is 0 Å². The summed E-state index contributed by atoms with van der Waals surface area (Å²) < 4.78 is 26.3. The Kier molecular flexibility index (Phi) is 3.55. The van der Waals surface area contributed by atoms with Crippen LogP contribution in [0.1, 0.15) is 17.3 Å². The Hall–Kier alpha value is -1.37. The molecule has 0 radical (unpaired) electrons. The first kappa shape index (κ1) is 14.6. The van der Waals surface area contributed by atoms with Gasteiger partial charge in [0.1, 0.15) is 0 Å². The Morgan fingerprint density at radius 1 is 1.43 bits per heavy atom. The van der Waals surface area contributed by atoms with Gasteiger partial charge in [-0.15, -0.1) is 0 Å². The van der Waals surface area contributed by atoms with Crippen LogP contribution < -0.4 is 0 Å². The number of hydrogen-bond donors (Lipinski definition) is 0. The minimum absolute atomic E-state index is 0.0943. The molecule has 2 heterocycles. The number of hydrogen-bond acceptors (Lipinski definition) is 4. The summed E-state index contributed by atoms with van der Waals surface area (Å²) in [7, 11) is 0.566. The third-order valence-electron chi connectivity index (χ3n) is 3.91. The summed E-state index contributed by atoms with van der Waals surface area (Å²) in [6.07, 6.45) is 1.74. The average molecular weight is 326 g/mol. The second-order valence-electron chi connectivity index (χ2n) is 5.34. The summed E-state index contributed by atoms with van der Waals surface area (Å²) in [6, 6.07) is 6.73. The molecule has 1 aromatic heterocycles. The number of fused-ring (bicyclic) bond motifs is 1. The molecular weight excluding hydrogens is 310 g/mol. The summed E-state index contributed by atoms with van der Waals surface area (Å²) in [6.45, 7) is 0.628. The molecule has 0 N–H and O–H groups in total. The molecule has 21 heavy (non-hydrogen) atoms. The van der Waals surface area contributed by atoms with Crippen molar-refractivity contribution in [2.24, 2.45) is 7.05 Å². The quantitative estimate of drug-likeness (QED) is 0.866. The molecule has 0 spiro atoms. The first-order chi connectivity index (χ1) is 9.88. The maximum Gasteiger partial charge on any atom is 0.180 e. The van der Waals surface area contributed by atoms with Crippen molar-refractivity contribution in [1.82, 2.24) is 14.7 Å². The van der Waals surface area contributed by atoms with E-state index in [9.17, 15) is 8.42 Å². The molecule has 7 heteroatoms. The number of benzene rings is 1. The van der Waals surface area contributed by atoms with Crippen LogP contribution in [0, 0.1) is 0 Å². The van der Waals surface area contributed by atoms with Gasteiger partial charge in [-0.05, 0) is 36.9 Å². The molecule has 0 saturated carbocycles. The SMILES string of the molecule is CN(Cc1ccnn1C)C1CS(=O)(=O)c2ccc(Cl)cc21. The maximum absolute atomic E-state index is 12.3. The van der Waals surface area contributed by atoms with E-state index in [1.807, 2.05) is 25.1 Å². The zero-order chi connectivity index (χ0) is 15.2. The molecule has 1 aliphatic heterocycles. The van der Waals surface area contributed by atoms with Crippen molar-refractivity contribution in [1.29, 1.82) is 0 Å². The van der Waals surface area contributed by atoms with Crippen molar-refractivity contribution in [3.05, 3.63) is 46.7 Å². The lowest BCUT2D eigenvalue weighted by molar-refractivity contribution is 0.250. The third kappa shape index (κ3) is 2.59. The Labute approximate surface area is 129 Å². The highest BCUT2D eigenvalue weighted by Gasteiger charge is 2.37. The molecule has 0 amide bonds. The van der Waals surface area contributed by atoms with Gasteiger partial charge in [-0.3, -0.25) is 9.58 Å². The predicted octanol–water partition coefficient (Wildman–Crippen LogP) is 2.03. The van der Waals surface area contributed by atoms with Gasteiger partial charge in [0.2, 0.25) is 0 Å². The highest BCUT2D eigenvalue weighted by Crippen LogP contribution is 2.38. The van der Waals surface area contributed by atoms with Crippen LogP contribution >= 0.6 is 11.6 Å². The lowest BCUT2D eigenvalue weighted by Gasteiger charge is -2.24. The van der Waals surface area contributed by atoms with Crippen LogP contribution in [0.2, 0.25) is 5.02 Å². The molecule has 112 valence electrons. The molecule has 3 rings (SSSR count). The number of halogens is 1. The fraction of sp³-hybridized carbons (Fsp3) is 0.357. The van der Waals surface area contributed by atoms with E-state index in [0.29, 0.717) is 16.5 Å². The van der Waals surface area contributed by atoms with Crippen LogP contribution in [0.3, 0.4) is 0 Å². The van der Waals surface area contributed by atoms with Gasteiger partial charge in [-0.2, -0.15) is 5.10 Å². The van der Waals surface area contributed by atoms with E-state index in [1.165, 1.54) is 0 Å². The van der Waals surface area contributed by atoms with Gasteiger partial charge in [0.25, 0.3) is 0 Å². The Balaban J connectivity index is 1.94.